The van der Waals surface area contributed by atoms with Crippen LogP contribution in [0.5, 0.6) is 17.4 Å². The van der Waals surface area contributed by atoms with Crippen molar-refractivity contribution in [1.82, 2.24) is 4.98 Å². The van der Waals surface area contributed by atoms with E-state index in [4.69, 9.17) is 32.7 Å². The summed E-state index contributed by atoms with van der Waals surface area (Å²) in [6.07, 6.45) is 2.67. The van der Waals surface area contributed by atoms with Crippen LogP contribution in [0, 0.1) is 6.92 Å². The molecule has 144 valence electrons. The van der Waals surface area contributed by atoms with Gasteiger partial charge in [0, 0.05) is 24.8 Å². The Kier molecular flexibility index (Phi) is 5.60. The largest absolute Gasteiger partial charge is 0.471 e. The molecule has 1 unspecified atom stereocenters. The minimum absolute atomic E-state index is 0.0610. The normalized spacial score (nSPS) is 16.2. The van der Waals surface area contributed by atoms with Gasteiger partial charge in [0.15, 0.2) is 0 Å². The summed E-state index contributed by atoms with van der Waals surface area (Å²) in [5.74, 6) is 1.91. The Morgan fingerprint density at radius 1 is 1.04 bits per heavy atom. The minimum atomic E-state index is 0.0610. The third kappa shape index (κ3) is 4.18. The summed E-state index contributed by atoms with van der Waals surface area (Å²) in [5.41, 5.74) is 2.31. The molecule has 0 aliphatic carbocycles. The highest BCUT2D eigenvalue weighted by atomic mass is 35.5. The van der Waals surface area contributed by atoms with Gasteiger partial charge in [0.2, 0.25) is 5.88 Å². The fourth-order valence-corrected chi connectivity index (χ4v) is 3.70. The molecule has 0 N–H and O–H groups in total. The Balaban J connectivity index is 1.44. The van der Waals surface area contributed by atoms with Gasteiger partial charge in [-0.2, -0.15) is 0 Å². The zero-order chi connectivity index (χ0) is 19.5. The molecular weight excluding hydrogens is 395 g/mol. The molecule has 1 aliphatic heterocycles. The van der Waals surface area contributed by atoms with Crippen LogP contribution in [0.3, 0.4) is 0 Å². The number of benzene rings is 2. The molecule has 4 nitrogen and oxygen atoms in total. The summed E-state index contributed by atoms with van der Waals surface area (Å²) in [7, 11) is 0. The Morgan fingerprint density at radius 3 is 2.64 bits per heavy atom. The van der Waals surface area contributed by atoms with Crippen LogP contribution in [0.15, 0.2) is 60.8 Å². The van der Waals surface area contributed by atoms with Crippen molar-refractivity contribution < 1.29 is 9.47 Å². The van der Waals surface area contributed by atoms with Crippen LogP contribution in [0.25, 0.3) is 0 Å². The van der Waals surface area contributed by atoms with Crippen molar-refractivity contribution in [3.8, 4) is 17.4 Å². The number of para-hydroxylation sites is 1. The number of pyridine rings is 1. The predicted octanol–water partition coefficient (Wildman–Crippen LogP) is 6.15. The molecule has 2 aromatic carbocycles. The molecule has 28 heavy (non-hydrogen) atoms. The maximum Gasteiger partial charge on any atom is 0.232 e. The van der Waals surface area contributed by atoms with Gasteiger partial charge in [-0.25, -0.2) is 4.98 Å². The number of rotatable bonds is 5. The molecule has 1 aromatic heterocycles. The zero-order valence-electron chi connectivity index (χ0n) is 15.4. The molecule has 0 radical (unpaired) electrons. The number of hydrogen-bond donors (Lipinski definition) is 0. The summed E-state index contributed by atoms with van der Waals surface area (Å²) in [6, 6.07) is 17.1. The van der Waals surface area contributed by atoms with Crippen molar-refractivity contribution >= 4 is 28.9 Å². The van der Waals surface area contributed by atoms with Gasteiger partial charge in [-0.3, -0.25) is 0 Å². The predicted molar refractivity (Wildman–Crippen MR) is 113 cm³/mol. The molecule has 0 amide bonds. The van der Waals surface area contributed by atoms with Crippen molar-refractivity contribution in [3.63, 3.8) is 0 Å². The molecule has 2 heterocycles. The lowest BCUT2D eigenvalue weighted by Crippen LogP contribution is -2.25. The highest BCUT2D eigenvalue weighted by Gasteiger charge is 2.26. The van der Waals surface area contributed by atoms with Gasteiger partial charge in [-0.1, -0.05) is 35.3 Å². The van der Waals surface area contributed by atoms with E-state index in [-0.39, 0.29) is 6.10 Å². The second-order valence-electron chi connectivity index (χ2n) is 6.75. The summed E-state index contributed by atoms with van der Waals surface area (Å²) in [5, 5.41) is 1.13. The maximum atomic E-state index is 6.18. The second-order valence-corrected chi connectivity index (χ2v) is 7.56. The number of ether oxygens (including phenoxy) is 2. The van der Waals surface area contributed by atoms with Gasteiger partial charge in [0.25, 0.3) is 0 Å². The van der Waals surface area contributed by atoms with Crippen LogP contribution >= 0.6 is 23.2 Å². The van der Waals surface area contributed by atoms with Crippen LogP contribution in [-0.4, -0.2) is 24.2 Å². The van der Waals surface area contributed by atoms with E-state index in [1.807, 2.05) is 36.4 Å². The first-order valence-corrected chi connectivity index (χ1v) is 9.91. The van der Waals surface area contributed by atoms with Gasteiger partial charge < -0.3 is 14.4 Å². The Morgan fingerprint density at radius 2 is 1.86 bits per heavy atom. The van der Waals surface area contributed by atoms with Crippen LogP contribution in [-0.2, 0) is 0 Å². The summed E-state index contributed by atoms with van der Waals surface area (Å²) in [4.78, 5) is 6.53. The quantitative estimate of drug-likeness (QED) is 0.501. The average molecular weight is 415 g/mol. The summed E-state index contributed by atoms with van der Waals surface area (Å²) >= 11 is 12.3. The van der Waals surface area contributed by atoms with Crippen LogP contribution < -0.4 is 14.4 Å². The Labute approximate surface area is 174 Å². The SMILES string of the molecule is Cc1cc(Oc2ccccc2Cl)ccc1N1CCC(Oc2ncccc2Cl)C1. The summed E-state index contributed by atoms with van der Waals surface area (Å²) < 4.78 is 11.9. The molecule has 3 aromatic rings. The van der Waals surface area contributed by atoms with E-state index in [1.165, 1.54) is 5.69 Å². The standard InChI is InChI=1S/C22H20Cl2N2O2/c1-15-13-16(27-21-7-3-2-5-18(21)23)8-9-20(15)26-12-10-17(14-26)28-22-19(24)6-4-11-25-22/h2-9,11,13,17H,10,12,14H2,1H3. The van der Waals surface area contributed by atoms with Gasteiger partial charge in [0.05, 0.1) is 11.6 Å². The molecule has 1 aliphatic rings. The van der Waals surface area contributed by atoms with Crippen molar-refractivity contribution in [3.05, 3.63) is 76.4 Å². The maximum absolute atomic E-state index is 6.18. The number of halogens is 2. The highest BCUT2D eigenvalue weighted by molar-refractivity contribution is 6.32. The number of nitrogens with zero attached hydrogens (tertiary/aromatic N) is 2. The number of aromatic nitrogens is 1. The van der Waals surface area contributed by atoms with Gasteiger partial charge in [0.1, 0.15) is 22.6 Å². The lowest BCUT2D eigenvalue weighted by atomic mass is 10.1. The summed E-state index contributed by atoms with van der Waals surface area (Å²) in [6.45, 7) is 3.79. The van der Waals surface area contributed by atoms with E-state index >= 15 is 0 Å². The lowest BCUT2D eigenvalue weighted by molar-refractivity contribution is 0.216. The molecule has 0 spiro atoms. The zero-order valence-corrected chi connectivity index (χ0v) is 17.0. The fraction of sp³-hybridized carbons (Fsp3) is 0.227. The molecular formula is C22H20Cl2N2O2. The van der Waals surface area contributed by atoms with Gasteiger partial charge in [-0.15, -0.1) is 0 Å². The topological polar surface area (TPSA) is 34.6 Å². The average Bonchev–Trinajstić information content (AvgIpc) is 3.14. The van der Waals surface area contributed by atoms with Crippen LogP contribution in [0.4, 0.5) is 5.69 Å². The highest BCUT2D eigenvalue weighted by Crippen LogP contribution is 2.33. The van der Waals surface area contributed by atoms with E-state index < -0.39 is 0 Å². The fourth-order valence-electron chi connectivity index (χ4n) is 3.36. The Bertz CT molecular complexity index is 980. The van der Waals surface area contributed by atoms with E-state index in [1.54, 1.807) is 18.3 Å². The van der Waals surface area contributed by atoms with E-state index in [2.05, 4.69) is 22.9 Å². The third-order valence-corrected chi connectivity index (χ3v) is 5.32. The van der Waals surface area contributed by atoms with Crippen molar-refractivity contribution in [2.24, 2.45) is 0 Å². The first-order valence-electron chi connectivity index (χ1n) is 9.15. The molecule has 1 atom stereocenters. The molecule has 0 saturated carbocycles. The smallest absolute Gasteiger partial charge is 0.232 e. The monoisotopic (exact) mass is 414 g/mol. The van der Waals surface area contributed by atoms with Crippen LogP contribution in [0.2, 0.25) is 10.0 Å². The second kappa shape index (κ2) is 8.29. The minimum Gasteiger partial charge on any atom is -0.471 e. The first kappa shape index (κ1) is 18.9. The third-order valence-electron chi connectivity index (χ3n) is 4.72. The molecule has 6 heteroatoms. The van der Waals surface area contributed by atoms with Crippen molar-refractivity contribution in [2.45, 2.75) is 19.4 Å². The lowest BCUT2D eigenvalue weighted by Gasteiger charge is -2.22. The molecule has 0 bridgehead atoms. The molecule has 4 rings (SSSR count). The van der Waals surface area contributed by atoms with Crippen molar-refractivity contribution in [1.29, 1.82) is 0 Å². The number of hydrogen-bond acceptors (Lipinski definition) is 4. The Hall–Kier alpha value is -2.43. The van der Waals surface area contributed by atoms with E-state index in [9.17, 15) is 0 Å². The first-order chi connectivity index (χ1) is 13.6. The van der Waals surface area contributed by atoms with Crippen molar-refractivity contribution in [2.75, 3.05) is 18.0 Å². The number of anilines is 1. The molecule has 1 saturated heterocycles. The van der Waals surface area contributed by atoms with Gasteiger partial charge >= 0.3 is 0 Å². The van der Waals surface area contributed by atoms with Crippen LogP contribution in [0.1, 0.15) is 12.0 Å². The van der Waals surface area contributed by atoms with E-state index in [0.29, 0.717) is 21.7 Å². The number of aryl methyl sites for hydroxylation is 1. The van der Waals surface area contributed by atoms with Gasteiger partial charge in [-0.05, 0) is 55.0 Å². The molecule has 1 fully saturated rings. The van der Waals surface area contributed by atoms with E-state index in [0.717, 1.165) is 30.8 Å².